The van der Waals surface area contributed by atoms with Crippen LogP contribution in [0.1, 0.15) is 17.7 Å². The molecule has 1 amide bonds. The quantitative estimate of drug-likeness (QED) is 0.467. The Morgan fingerprint density at radius 3 is 2.47 bits per heavy atom. The van der Waals surface area contributed by atoms with Crippen LogP contribution in [0.2, 0.25) is 0 Å². The van der Waals surface area contributed by atoms with Crippen LogP contribution in [0.3, 0.4) is 0 Å². The van der Waals surface area contributed by atoms with E-state index in [0.29, 0.717) is 24.6 Å². The van der Waals surface area contributed by atoms with Crippen molar-refractivity contribution >= 4 is 34.7 Å². The van der Waals surface area contributed by atoms with Gasteiger partial charge in [-0.25, -0.2) is 14.6 Å². The maximum Gasteiger partial charge on any atom is 0.252 e. The molecule has 3 heterocycles. The molecule has 0 aliphatic carbocycles. The lowest BCUT2D eigenvalue weighted by Gasteiger charge is -2.21. The van der Waals surface area contributed by atoms with Crippen LogP contribution in [0, 0.1) is 0 Å². The van der Waals surface area contributed by atoms with E-state index in [2.05, 4.69) is 15.2 Å². The van der Waals surface area contributed by atoms with Crippen LogP contribution in [-0.4, -0.2) is 51.0 Å². The second kappa shape index (κ2) is 8.58. The normalized spacial score (nSPS) is 14.0. The molecule has 0 atom stereocenters. The predicted molar refractivity (Wildman–Crippen MR) is 124 cm³/mol. The number of nitrogens with zero attached hydrogens (tertiary/aromatic N) is 7. The summed E-state index contributed by atoms with van der Waals surface area (Å²) in [6, 6.07) is 17.8. The first-order valence-electron chi connectivity index (χ1n) is 10.6. The van der Waals surface area contributed by atoms with E-state index >= 15 is 0 Å². The van der Waals surface area contributed by atoms with Crippen molar-refractivity contribution in [3.63, 3.8) is 0 Å². The summed E-state index contributed by atoms with van der Waals surface area (Å²) in [7, 11) is 1.98. The highest BCUT2D eigenvalue weighted by Crippen LogP contribution is 2.30. The van der Waals surface area contributed by atoms with E-state index in [1.165, 1.54) is 6.08 Å². The minimum atomic E-state index is -0.149. The molecule has 8 heteroatoms. The monoisotopic (exact) mass is 425 g/mol. The molecule has 0 spiro atoms. The molecule has 1 aliphatic heterocycles. The highest BCUT2D eigenvalue weighted by atomic mass is 16.2. The third-order valence-corrected chi connectivity index (χ3v) is 5.43. The van der Waals surface area contributed by atoms with Gasteiger partial charge in [0.1, 0.15) is 5.69 Å². The van der Waals surface area contributed by atoms with E-state index in [4.69, 9.17) is 9.97 Å². The maximum atomic E-state index is 13.1. The highest BCUT2D eigenvalue weighted by molar-refractivity contribution is 6.05. The van der Waals surface area contributed by atoms with Crippen LogP contribution in [0.25, 0.3) is 17.1 Å². The molecular formula is C24H23N7O. The predicted octanol–water partition coefficient (Wildman–Crippen LogP) is 3.16. The molecule has 0 saturated carbocycles. The Balaban J connectivity index is 1.38. The number of benzene rings is 2. The van der Waals surface area contributed by atoms with Crippen molar-refractivity contribution in [2.45, 2.75) is 13.0 Å². The Kier molecular flexibility index (Phi) is 5.33. The van der Waals surface area contributed by atoms with E-state index in [1.807, 2.05) is 67.8 Å². The number of fused-ring (bicyclic) bond motifs is 2. The number of anilines is 2. The van der Waals surface area contributed by atoms with Gasteiger partial charge in [0.25, 0.3) is 5.91 Å². The van der Waals surface area contributed by atoms with Gasteiger partial charge in [-0.15, -0.1) is 5.10 Å². The minimum Gasteiger partial charge on any atom is -0.357 e. The lowest BCUT2D eigenvalue weighted by atomic mass is 10.2. The largest absolute Gasteiger partial charge is 0.357 e. The molecular weight excluding hydrogens is 402 g/mol. The number of hydrogen-bond acceptors (Lipinski definition) is 6. The fourth-order valence-corrected chi connectivity index (χ4v) is 3.80. The second-order valence-corrected chi connectivity index (χ2v) is 7.78. The lowest BCUT2D eigenvalue weighted by Crippen LogP contribution is -2.30. The molecule has 0 radical (unpaired) electrons. The molecule has 32 heavy (non-hydrogen) atoms. The van der Waals surface area contributed by atoms with Crippen LogP contribution in [0.5, 0.6) is 0 Å². The molecule has 0 saturated heterocycles. The molecule has 0 N–H and O–H groups in total. The van der Waals surface area contributed by atoms with E-state index in [0.717, 1.165) is 35.4 Å². The number of carbonyl (C=O) groups excluding carboxylic acids is 1. The Labute approximate surface area is 185 Å². The summed E-state index contributed by atoms with van der Waals surface area (Å²) >= 11 is 0. The first kappa shape index (κ1) is 19.9. The van der Waals surface area contributed by atoms with Gasteiger partial charge in [-0.05, 0) is 30.2 Å². The number of carbonyl (C=O) groups is 1. The summed E-state index contributed by atoms with van der Waals surface area (Å²) < 4.78 is 1.76. The summed E-state index contributed by atoms with van der Waals surface area (Å²) in [6.45, 7) is 2.01. The average molecular weight is 425 g/mol. The van der Waals surface area contributed by atoms with Crippen LogP contribution in [0.15, 0.2) is 66.9 Å². The summed E-state index contributed by atoms with van der Waals surface area (Å²) in [4.78, 5) is 26.4. The van der Waals surface area contributed by atoms with Gasteiger partial charge in [-0.3, -0.25) is 9.69 Å². The van der Waals surface area contributed by atoms with Crippen LogP contribution in [0.4, 0.5) is 11.6 Å². The SMILES string of the molecule is CN1CCCN(C(=O)/C=C/c2cn(Cc3ccccc3)nn2)c2nc3ccccc3nc21. The standard InChI is InChI=1S/C24H23N7O/c1-29-14-7-15-31(24-23(29)25-20-10-5-6-11-21(20)26-24)22(32)13-12-19-17-30(28-27-19)16-18-8-3-2-4-9-18/h2-6,8-13,17H,7,14-16H2,1H3/b13-12+. The number of rotatable bonds is 4. The minimum absolute atomic E-state index is 0.149. The van der Waals surface area contributed by atoms with E-state index in [-0.39, 0.29) is 5.91 Å². The lowest BCUT2D eigenvalue weighted by molar-refractivity contribution is -0.114. The first-order chi connectivity index (χ1) is 15.7. The molecule has 1 aliphatic rings. The molecule has 2 aromatic carbocycles. The molecule has 8 nitrogen and oxygen atoms in total. The Bertz CT molecular complexity index is 1280. The maximum absolute atomic E-state index is 13.1. The van der Waals surface area contributed by atoms with Gasteiger partial charge in [-0.1, -0.05) is 47.7 Å². The Hall–Kier alpha value is -4.07. The fraction of sp³-hybridized carbons (Fsp3) is 0.208. The summed E-state index contributed by atoms with van der Waals surface area (Å²) in [5.41, 5.74) is 3.36. The molecule has 0 bridgehead atoms. The van der Waals surface area contributed by atoms with Gasteiger partial charge in [0.2, 0.25) is 0 Å². The van der Waals surface area contributed by atoms with Crippen molar-refractivity contribution in [3.05, 3.63) is 78.1 Å². The highest BCUT2D eigenvalue weighted by Gasteiger charge is 2.25. The molecule has 4 aromatic rings. The van der Waals surface area contributed by atoms with Gasteiger partial charge in [0.15, 0.2) is 11.6 Å². The third-order valence-electron chi connectivity index (χ3n) is 5.43. The van der Waals surface area contributed by atoms with Gasteiger partial charge in [0, 0.05) is 26.2 Å². The van der Waals surface area contributed by atoms with Crippen LogP contribution < -0.4 is 9.80 Å². The number of para-hydroxylation sites is 2. The zero-order valence-corrected chi connectivity index (χ0v) is 17.8. The first-order valence-corrected chi connectivity index (χ1v) is 10.6. The van der Waals surface area contributed by atoms with Crippen molar-refractivity contribution in [1.82, 2.24) is 25.0 Å². The van der Waals surface area contributed by atoms with E-state index in [1.54, 1.807) is 15.7 Å². The van der Waals surface area contributed by atoms with Crippen molar-refractivity contribution in [2.24, 2.45) is 0 Å². The summed E-state index contributed by atoms with van der Waals surface area (Å²) in [6.07, 6.45) is 5.88. The number of hydrogen-bond donors (Lipinski definition) is 0. The van der Waals surface area contributed by atoms with Gasteiger partial charge in [0.05, 0.1) is 23.8 Å². The zero-order valence-electron chi connectivity index (χ0n) is 17.8. The Morgan fingerprint density at radius 2 is 1.69 bits per heavy atom. The van der Waals surface area contributed by atoms with E-state index < -0.39 is 0 Å². The van der Waals surface area contributed by atoms with Crippen molar-refractivity contribution < 1.29 is 4.79 Å². The molecule has 0 unspecified atom stereocenters. The third kappa shape index (κ3) is 4.07. The number of amides is 1. The smallest absolute Gasteiger partial charge is 0.252 e. The Morgan fingerprint density at radius 1 is 0.969 bits per heavy atom. The van der Waals surface area contributed by atoms with Crippen molar-refractivity contribution in [3.8, 4) is 0 Å². The topological polar surface area (TPSA) is 80.0 Å². The van der Waals surface area contributed by atoms with Gasteiger partial charge < -0.3 is 4.90 Å². The van der Waals surface area contributed by atoms with Gasteiger partial charge >= 0.3 is 0 Å². The molecule has 2 aromatic heterocycles. The van der Waals surface area contributed by atoms with Crippen molar-refractivity contribution in [2.75, 3.05) is 29.9 Å². The summed E-state index contributed by atoms with van der Waals surface area (Å²) in [5.74, 6) is 1.16. The van der Waals surface area contributed by atoms with E-state index in [9.17, 15) is 4.79 Å². The van der Waals surface area contributed by atoms with Crippen LogP contribution in [-0.2, 0) is 11.3 Å². The second-order valence-electron chi connectivity index (χ2n) is 7.78. The van der Waals surface area contributed by atoms with Crippen molar-refractivity contribution in [1.29, 1.82) is 0 Å². The molecule has 5 rings (SSSR count). The average Bonchev–Trinajstić information content (AvgIpc) is 3.20. The fourth-order valence-electron chi connectivity index (χ4n) is 3.80. The molecule has 0 fully saturated rings. The summed E-state index contributed by atoms with van der Waals surface area (Å²) in [5, 5.41) is 8.32. The van der Waals surface area contributed by atoms with Crippen LogP contribution >= 0.6 is 0 Å². The zero-order chi connectivity index (χ0) is 21.9. The number of aromatic nitrogens is 5. The molecule has 160 valence electrons. The van der Waals surface area contributed by atoms with Gasteiger partial charge in [-0.2, -0.15) is 0 Å².